The Bertz CT molecular complexity index is 1630. The van der Waals surface area contributed by atoms with Crippen LogP contribution in [0.25, 0.3) is 61.2 Å². The predicted octanol–water partition coefficient (Wildman–Crippen LogP) is 10.6. The minimum Gasteiger partial charge on any atom is -0.143 e. The quantitative estimate of drug-likeness (QED) is 0.227. The minimum atomic E-state index is 1.37. The molecule has 5 heteroatoms. The van der Waals surface area contributed by atoms with Gasteiger partial charge in [-0.15, -0.1) is 56.7 Å². The first-order valence-corrected chi connectivity index (χ1v) is 14.3. The lowest BCUT2D eigenvalue weighted by Crippen LogP contribution is -1.77. The molecule has 0 spiro atoms. The molecule has 2 aromatic carbocycles. The molecule has 31 heavy (non-hydrogen) atoms. The molecule has 7 rings (SSSR count). The van der Waals surface area contributed by atoms with Gasteiger partial charge in [0.15, 0.2) is 0 Å². The van der Waals surface area contributed by atoms with Gasteiger partial charge in [-0.3, -0.25) is 0 Å². The van der Waals surface area contributed by atoms with E-state index in [9.17, 15) is 0 Å². The highest BCUT2D eigenvalue weighted by Crippen LogP contribution is 2.50. The van der Waals surface area contributed by atoms with Crippen molar-refractivity contribution in [2.45, 2.75) is 13.8 Å². The first-order valence-electron chi connectivity index (χ1n) is 10.1. The van der Waals surface area contributed by atoms with Gasteiger partial charge in [-0.1, -0.05) is 0 Å². The number of fused-ring (bicyclic) bond motifs is 7. The second-order valence-electron chi connectivity index (χ2n) is 7.84. The molecule has 0 fully saturated rings. The van der Waals surface area contributed by atoms with Crippen molar-refractivity contribution in [1.82, 2.24) is 0 Å². The topological polar surface area (TPSA) is 0 Å². The summed E-state index contributed by atoms with van der Waals surface area (Å²) in [5, 5.41) is 10.2. The van der Waals surface area contributed by atoms with Crippen molar-refractivity contribution in [3.05, 3.63) is 69.0 Å². The first-order chi connectivity index (χ1) is 15.2. The van der Waals surface area contributed by atoms with E-state index in [4.69, 9.17) is 0 Å². The normalized spacial score (nSPS) is 12.2. The van der Waals surface area contributed by atoms with Crippen molar-refractivity contribution < 1.29 is 0 Å². The average molecular weight is 489 g/mol. The zero-order valence-corrected chi connectivity index (χ0v) is 20.9. The van der Waals surface area contributed by atoms with Crippen LogP contribution in [-0.2, 0) is 0 Å². The van der Waals surface area contributed by atoms with Crippen LogP contribution < -0.4 is 0 Å². The maximum absolute atomic E-state index is 2.44. The van der Waals surface area contributed by atoms with Crippen molar-refractivity contribution >= 4 is 97.0 Å². The van der Waals surface area contributed by atoms with E-state index in [1.165, 1.54) is 71.0 Å². The van der Waals surface area contributed by atoms with Crippen LogP contribution in [0.4, 0.5) is 0 Å². The summed E-state index contributed by atoms with van der Waals surface area (Å²) in [5.41, 5.74) is 2.76. The Labute approximate surface area is 199 Å². The van der Waals surface area contributed by atoms with Gasteiger partial charge in [0.1, 0.15) is 0 Å². The summed E-state index contributed by atoms with van der Waals surface area (Å²) < 4.78 is 5.67. The van der Waals surface area contributed by atoms with E-state index < -0.39 is 0 Å². The number of benzene rings is 2. The van der Waals surface area contributed by atoms with Crippen LogP contribution in [0.5, 0.6) is 0 Å². The molecule has 0 unspecified atom stereocenters. The van der Waals surface area contributed by atoms with Gasteiger partial charge >= 0.3 is 0 Å². The van der Waals surface area contributed by atoms with Crippen molar-refractivity contribution in [2.24, 2.45) is 0 Å². The summed E-state index contributed by atoms with van der Waals surface area (Å²) in [5.74, 6) is 0. The van der Waals surface area contributed by atoms with Crippen LogP contribution >= 0.6 is 56.7 Å². The van der Waals surface area contributed by atoms with Crippen LogP contribution in [-0.4, -0.2) is 0 Å². The molecule has 0 nitrogen and oxygen atoms in total. The van der Waals surface area contributed by atoms with Gasteiger partial charge in [-0.25, -0.2) is 0 Å². The van der Waals surface area contributed by atoms with Crippen molar-refractivity contribution in [2.75, 3.05) is 0 Å². The van der Waals surface area contributed by atoms with Gasteiger partial charge in [-0.05, 0) is 73.1 Å². The van der Waals surface area contributed by atoms with Crippen molar-refractivity contribution in [1.29, 1.82) is 0 Å². The van der Waals surface area contributed by atoms with Gasteiger partial charge in [0.05, 0.1) is 0 Å². The van der Waals surface area contributed by atoms with E-state index >= 15 is 0 Å². The van der Waals surface area contributed by atoms with E-state index in [0.29, 0.717) is 0 Å². The monoisotopic (exact) mass is 488 g/mol. The second kappa shape index (κ2) is 6.74. The highest BCUT2D eigenvalue weighted by atomic mass is 32.1. The molecule has 150 valence electrons. The molecule has 0 aliphatic rings. The molecule has 0 atom stereocenters. The fourth-order valence-electron chi connectivity index (χ4n) is 4.53. The highest BCUT2D eigenvalue weighted by molar-refractivity contribution is 7.29. The molecule has 5 heterocycles. The summed E-state index contributed by atoms with van der Waals surface area (Å²) >= 11 is 9.51. The van der Waals surface area contributed by atoms with E-state index in [2.05, 4.69) is 73.1 Å². The highest BCUT2D eigenvalue weighted by Gasteiger charge is 2.19. The third-order valence-electron chi connectivity index (χ3n) is 5.89. The zero-order valence-electron chi connectivity index (χ0n) is 16.8. The number of rotatable bonds is 2. The number of hydrogen-bond acceptors (Lipinski definition) is 5. The van der Waals surface area contributed by atoms with Gasteiger partial charge in [0.2, 0.25) is 0 Å². The van der Waals surface area contributed by atoms with Crippen LogP contribution in [0.1, 0.15) is 9.75 Å². The lowest BCUT2D eigenvalue weighted by molar-refractivity contribution is 1.64. The van der Waals surface area contributed by atoms with Crippen LogP contribution in [0.2, 0.25) is 0 Å². The Morgan fingerprint density at radius 1 is 0.548 bits per heavy atom. The second-order valence-corrected chi connectivity index (χ2v) is 13.3. The minimum absolute atomic E-state index is 1.37. The van der Waals surface area contributed by atoms with Crippen LogP contribution in [0.3, 0.4) is 0 Å². The fraction of sp³-hybridized carbons (Fsp3) is 0.0769. The Balaban J connectivity index is 1.64. The number of aryl methyl sites for hydroxylation is 2. The van der Waals surface area contributed by atoms with Crippen molar-refractivity contribution in [3.8, 4) is 20.9 Å². The van der Waals surface area contributed by atoms with Crippen molar-refractivity contribution in [3.63, 3.8) is 0 Å². The fourth-order valence-corrected chi connectivity index (χ4v) is 9.61. The van der Waals surface area contributed by atoms with Gasteiger partial charge in [-0.2, -0.15) is 0 Å². The summed E-state index contributed by atoms with van der Waals surface area (Å²) in [6, 6.07) is 18.5. The number of hydrogen-bond donors (Lipinski definition) is 0. The first kappa shape index (κ1) is 18.5. The van der Waals surface area contributed by atoms with E-state index in [0.717, 1.165) is 0 Å². The van der Waals surface area contributed by atoms with Gasteiger partial charge in [0.25, 0.3) is 0 Å². The molecule has 0 amide bonds. The summed E-state index contributed by atoms with van der Waals surface area (Å²) in [7, 11) is 0. The maximum atomic E-state index is 2.44. The molecule has 0 saturated heterocycles. The Hall–Kier alpha value is -2.02. The molecular formula is C26H16S5. The van der Waals surface area contributed by atoms with E-state index in [1.54, 1.807) is 0 Å². The van der Waals surface area contributed by atoms with Crippen LogP contribution in [0, 0.1) is 13.8 Å². The molecule has 0 aliphatic carbocycles. The Kier molecular flexibility index (Phi) is 4.03. The lowest BCUT2D eigenvalue weighted by atomic mass is 10.0. The Morgan fingerprint density at radius 3 is 1.45 bits per heavy atom. The summed E-state index contributed by atoms with van der Waals surface area (Å²) in [6.45, 7) is 4.39. The average Bonchev–Trinajstić information content (AvgIpc) is 3.54. The molecule has 0 radical (unpaired) electrons. The molecule has 0 aliphatic heterocycles. The van der Waals surface area contributed by atoms with Gasteiger partial charge < -0.3 is 0 Å². The molecular weight excluding hydrogens is 473 g/mol. The maximum Gasteiger partial charge on any atom is 0.0442 e. The predicted molar refractivity (Wildman–Crippen MR) is 146 cm³/mol. The smallest absolute Gasteiger partial charge is 0.0442 e. The molecule has 0 N–H and O–H groups in total. The van der Waals surface area contributed by atoms with E-state index in [1.807, 2.05) is 56.7 Å². The van der Waals surface area contributed by atoms with E-state index in [-0.39, 0.29) is 0 Å². The summed E-state index contributed by atoms with van der Waals surface area (Å²) in [4.78, 5) is 5.48. The third-order valence-corrected chi connectivity index (χ3v) is 10.9. The van der Waals surface area contributed by atoms with Crippen LogP contribution in [0.15, 0.2) is 59.3 Å². The Morgan fingerprint density at radius 2 is 1.03 bits per heavy atom. The molecule has 0 bridgehead atoms. The molecule has 5 aromatic heterocycles. The largest absolute Gasteiger partial charge is 0.143 e. The number of thiophene rings is 5. The molecule has 0 saturated carbocycles. The van der Waals surface area contributed by atoms with Gasteiger partial charge in [0, 0.05) is 71.0 Å². The standard InChI is InChI=1S/C26H16S5/c1-13-3-5-19(29-13)17-11-21-23(25-15(17)7-9-27-25)24-22(31-21)12-18(16-8-10-28-26(16)24)20-6-4-14(2)30-20/h3-12H,1-2H3. The zero-order chi connectivity index (χ0) is 20.7. The SMILES string of the molecule is Cc1ccc(-c2cc3sc4cc(-c5ccc(C)s5)c5ccsc5c4c3c3sccc23)s1. The lowest BCUT2D eigenvalue weighted by Gasteiger charge is -2.05. The third kappa shape index (κ3) is 2.68. The summed E-state index contributed by atoms with van der Waals surface area (Å²) in [6.07, 6.45) is 0. The molecule has 7 aromatic rings.